The van der Waals surface area contributed by atoms with Gasteiger partial charge in [-0.25, -0.2) is 0 Å². The van der Waals surface area contributed by atoms with Crippen molar-refractivity contribution in [3.8, 4) is 0 Å². The summed E-state index contributed by atoms with van der Waals surface area (Å²) in [6.07, 6.45) is 6.75. The standard InChI is InChI=1S/C16H25N/c1-13-7-9-15(10-8-13)16-6-4-3-5-14(16)11-12-17-2/h3-6,13,15,17H,7-12H2,1-2H3. The maximum atomic E-state index is 3.25. The number of rotatable bonds is 4. The highest BCUT2D eigenvalue weighted by Gasteiger charge is 2.21. The van der Waals surface area contributed by atoms with Gasteiger partial charge in [0.05, 0.1) is 0 Å². The van der Waals surface area contributed by atoms with E-state index in [0.29, 0.717) is 0 Å². The molecule has 1 aliphatic carbocycles. The summed E-state index contributed by atoms with van der Waals surface area (Å²) in [7, 11) is 2.03. The van der Waals surface area contributed by atoms with Crippen molar-refractivity contribution in [3.63, 3.8) is 0 Å². The summed E-state index contributed by atoms with van der Waals surface area (Å²) in [4.78, 5) is 0. The van der Waals surface area contributed by atoms with Crippen LogP contribution in [0.2, 0.25) is 0 Å². The second-order valence-electron chi connectivity index (χ2n) is 5.51. The van der Waals surface area contributed by atoms with Gasteiger partial charge >= 0.3 is 0 Å². The van der Waals surface area contributed by atoms with E-state index in [4.69, 9.17) is 0 Å². The molecule has 0 atom stereocenters. The largest absolute Gasteiger partial charge is 0.319 e. The van der Waals surface area contributed by atoms with Crippen molar-refractivity contribution in [1.29, 1.82) is 0 Å². The van der Waals surface area contributed by atoms with Gasteiger partial charge in [0.15, 0.2) is 0 Å². The van der Waals surface area contributed by atoms with Crippen LogP contribution in [0.15, 0.2) is 24.3 Å². The van der Waals surface area contributed by atoms with Gasteiger partial charge in [0, 0.05) is 0 Å². The van der Waals surface area contributed by atoms with E-state index < -0.39 is 0 Å². The van der Waals surface area contributed by atoms with E-state index in [9.17, 15) is 0 Å². The maximum absolute atomic E-state index is 3.25. The predicted molar refractivity (Wildman–Crippen MR) is 74.4 cm³/mol. The first-order valence-corrected chi connectivity index (χ1v) is 7.03. The molecule has 0 spiro atoms. The summed E-state index contributed by atoms with van der Waals surface area (Å²) in [5.41, 5.74) is 3.18. The third-order valence-electron chi connectivity index (χ3n) is 4.16. The van der Waals surface area contributed by atoms with Crippen molar-refractivity contribution in [3.05, 3.63) is 35.4 Å². The van der Waals surface area contributed by atoms with E-state index in [1.807, 2.05) is 7.05 Å². The number of hydrogen-bond acceptors (Lipinski definition) is 1. The van der Waals surface area contributed by atoms with E-state index in [-0.39, 0.29) is 0 Å². The molecule has 0 aliphatic heterocycles. The molecular weight excluding hydrogens is 206 g/mol. The molecule has 0 heterocycles. The molecule has 1 nitrogen and oxygen atoms in total. The lowest BCUT2D eigenvalue weighted by molar-refractivity contribution is 0.347. The SMILES string of the molecule is CNCCc1ccccc1C1CCC(C)CC1. The summed E-state index contributed by atoms with van der Waals surface area (Å²) in [5, 5.41) is 3.25. The fraction of sp³-hybridized carbons (Fsp3) is 0.625. The first kappa shape index (κ1) is 12.6. The molecule has 0 radical (unpaired) electrons. The van der Waals surface area contributed by atoms with Crippen LogP contribution in [0.5, 0.6) is 0 Å². The van der Waals surface area contributed by atoms with E-state index in [1.165, 1.54) is 32.1 Å². The number of nitrogens with one attached hydrogen (secondary N) is 1. The van der Waals surface area contributed by atoms with E-state index in [0.717, 1.165) is 18.4 Å². The zero-order chi connectivity index (χ0) is 12.1. The fourth-order valence-corrected chi connectivity index (χ4v) is 2.99. The highest BCUT2D eigenvalue weighted by Crippen LogP contribution is 2.36. The third-order valence-corrected chi connectivity index (χ3v) is 4.16. The van der Waals surface area contributed by atoms with E-state index >= 15 is 0 Å². The maximum Gasteiger partial charge on any atom is -0.00113 e. The van der Waals surface area contributed by atoms with Crippen molar-refractivity contribution in [2.45, 2.75) is 44.9 Å². The first-order valence-electron chi connectivity index (χ1n) is 7.03. The normalized spacial score (nSPS) is 24.8. The van der Waals surface area contributed by atoms with Gasteiger partial charge in [-0.05, 0) is 55.8 Å². The zero-order valence-corrected chi connectivity index (χ0v) is 11.2. The van der Waals surface area contributed by atoms with Gasteiger partial charge in [0.2, 0.25) is 0 Å². The number of hydrogen-bond donors (Lipinski definition) is 1. The van der Waals surface area contributed by atoms with Crippen LogP contribution in [0.3, 0.4) is 0 Å². The molecule has 1 heteroatoms. The van der Waals surface area contributed by atoms with Gasteiger partial charge < -0.3 is 5.32 Å². The topological polar surface area (TPSA) is 12.0 Å². The molecule has 1 N–H and O–H groups in total. The minimum atomic E-state index is 0.819. The molecule has 0 unspecified atom stereocenters. The first-order chi connectivity index (χ1) is 8.31. The monoisotopic (exact) mass is 231 g/mol. The Labute approximate surface area is 106 Å². The fourth-order valence-electron chi connectivity index (χ4n) is 2.99. The van der Waals surface area contributed by atoms with Gasteiger partial charge in [-0.15, -0.1) is 0 Å². The zero-order valence-electron chi connectivity index (χ0n) is 11.2. The van der Waals surface area contributed by atoms with Crippen LogP contribution < -0.4 is 5.32 Å². The molecule has 1 fully saturated rings. The van der Waals surface area contributed by atoms with Crippen molar-refractivity contribution < 1.29 is 0 Å². The molecular formula is C16H25N. The Hall–Kier alpha value is -0.820. The Morgan fingerprint density at radius 2 is 1.82 bits per heavy atom. The highest BCUT2D eigenvalue weighted by atomic mass is 14.8. The highest BCUT2D eigenvalue weighted by molar-refractivity contribution is 5.31. The Morgan fingerprint density at radius 3 is 2.53 bits per heavy atom. The number of benzene rings is 1. The molecule has 0 bridgehead atoms. The van der Waals surface area contributed by atoms with Crippen LogP contribution >= 0.6 is 0 Å². The van der Waals surface area contributed by atoms with Crippen LogP contribution in [0.4, 0.5) is 0 Å². The lowest BCUT2D eigenvalue weighted by Gasteiger charge is -2.28. The van der Waals surface area contributed by atoms with Crippen LogP contribution in [0, 0.1) is 5.92 Å². The van der Waals surface area contributed by atoms with Crippen molar-refractivity contribution >= 4 is 0 Å². The van der Waals surface area contributed by atoms with Gasteiger partial charge in [-0.3, -0.25) is 0 Å². The van der Waals surface area contributed by atoms with Gasteiger partial charge in [-0.1, -0.05) is 44.0 Å². The van der Waals surface area contributed by atoms with Gasteiger partial charge in [0.25, 0.3) is 0 Å². The quantitative estimate of drug-likeness (QED) is 0.832. The van der Waals surface area contributed by atoms with Gasteiger partial charge in [-0.2, -0.15) is 0 Å². The summed E-state index contributed by atoms with van der Waals surface area (Å²) >= 11 is 0. The lowest BCUT2D eigenvalue weighted by Crippen LogP contribution is -2.15. The molecule has 1 aliphatic rings. The molecule has 94 valence electrons. The summed E-state index contributed by atoms with van der Waals surface area (Å²) in [5.74, 6) is 1.76. The minimum absolute atomic E-state index is 0.819. The Morgan fingerprint density at radius 1 is 1.12 bits per heavy atom. The molecule has 0 aromatic heterocycles. The number of likely N-dealkylation sites (N-methyl/N-ethyl adjacent to an activating group) is 1. The minimum Gasteiger partial charge on any atom is -0.319 e. The predicted octanol–water partition coefficient (Wildman–Crippen LogP) is 3.74. The average Bonchev–Trinajstić information content (AvgIpc) is 2.38. The third kappa shape index (κ3) is 3.32. The average molecular weight is 231 g/mol. The second kappa shape index (κ2) is 6.20. The molecule has 17 heavy (non-hydrogen) atoms. The van der Waals surface area contributed by atoms with Crippen LogP contribution in [0.1, 0.15) is 49.7 Å². The summed E-state index contributed by atoms with van der Waals surface area (Å²) in [6.45, 7) is 3.48. The Bertz CT molecular complexity index is 337. The molecule has 0 saturated heterocycles. The molecule has 1 saturated carbocycles. The molecule has 2 rings (SSSR count). The summed E-state index contributed by atoms with van der Waals surface area (Å²) < 4.78 is 0. The molecule has 0 amide bonds. The molecule has 1 aromatic rings. The summed E-state index contributed by atoms with van der Waals surface area (Å²) in [6, 6.07) is 9.05. The molecule has 1 aromatic carbocycles. The Kier molecular flexibility index (Phi) is 4.61. The van der Waals surface area contributed by atoms with Crippen molar-refractivity contribution in [2.75, 3.05) is 13.6 Å². The van der Waals surface area contributed by atoms with Crippen molar-refractivity contribution in [1.82, 2.24) is 5.32 Å². The van der Waals surface area contributed by atoms with Crippen LogP contribution in [-0.2, 0) is 6.42 Å². The van der Waals surface area contributed by atoms with E-state index in [2.05, 4.69) is 36.5 Å². The van der Waals surface area contributed by atoms with E-state index in [1.54, 1.807) is 11.1 Å². The smallest absolute Gasteiger partial charge is 0.00113 e. The van der Waals surface area contributed by atoms with Crippen molar-refractivity contribution in [2.24, 2.45) is 5.92 Å². The van der Waals surface area contributed by atoms with Crippen LogP contribution in [-0.4, -0.2) is 13.6 Å². The Balaban J connectivity index is 2.08. The van der Waals surface area contributed by atoms with Crippen LogP contribution in [0.25, 0.3) is 0 Å². The van der Waals surface area contributed by atoms with Gasteiger partial charge in [0.1, 0.15) is 0 Å². The second-order valence-corrected chi connectivity index (χ2v) is 5.51. The lowest BCUT2D eigenvalue weighted by atomic mass is 9.78.